The predicted octanol–water partition coefficient (Wildman–Crippen LogP) is 4.96. The van der Waals surface area contributed by atoms with E-state index in [4.69, 9.17) is 45.8 Å². The Morgan fingerprint density at radius 3 is 2.59 bits per heavy atom. The molecule has 15 heteroatoms. The molecule has 0 aliphatic carbocycles. The second kappa shape index (κ2) is 15.0. The van der Waals surface area contributed by atoms with Gasteiger partial charge in [0.1, 0.15) is 40.4 Å². The molecular weight excluding hydrogens is 684 g/mol. The fourth-order valence-electron chi connectivity index (χ4n) is 6.66. The number of benzene rings is 2. The van der Waals surface area contributed by atoms with E-state index < -0.39 is 59.8 Å². The number of anilines is 3. The Balaban J connectivity index is 1.53. The van der Waals surface area contributed by atoms with Crippen molar-refractivity contribution in [2.24, 2.45) is 5.92 Å². The summed E-state index contributed by atoms with van der Waals surface area (Å²) >= 11 is 6.74. The van der Waals surface area contributed by atoms with E-state index in [0.717, 1.165) is 11.1 Å². The Morgan fingerprint density at radius 2 is 1.92 bits per heavy atom. The number of aliphatic hydroxyl groups is 1. The molecule has 7 atom stereocenters. The van der Waals surface area contributed by atoms with Crippen molar-refractivity contribution >= 4 is 46.8 Å². The molecule has 0 radical (unpaired) electrons. The van der Waals surface area contributed by atoms with Crippen LogP contribution in [0.3, 0.4) is 0 Å². The fourth-order valence-corrected chi connectivity index (χ4v) is 6.97. The zero-order valence-corrected chi connectivity index (χ0v) is 30.4. The van der Waals surface area contributed by atoms with Gasteiger partial charge in [0, 0.05) is 32.6 Å². The Hall–Kier alpha value is -4.50. The third-order valence-corrected chi connectivity index (χ3v) is 10.1. The third kappa shape index (κ3) is 8.04. The van der Waals surface area contributed by atoms with Crippen molar-refractivity contribution in [1.82, 2.24) is 5.32 Å². The number of amides is 3. The molecule has 5 N–H and O–H groups in total. The summed E-state index contributed by atoms with van der Waals surface area (Å²) in [7, 11) is 5.99. The minimum Gasteiger partial charge on any atom is -0.497 e. The van der Waals surface area contributed by atoms with E-state index in [-0.39, 0.29) is 29.2 Å². The number of epoxide rings is 1. The first-order valence-corrected chi connectivity index (χ1v) is 16.8. The molecule has 5 rings (SSSR count). The first-order valence-electron chi connectivity index (χ1n) is 16.4. The molecule has 51 heavy (non-hydrogen) atoms. The zero-order chi connectivity index (χ0) is 37.2. The van der Waals surface area contributed by atoms with Gasteiger partial charge in [0.25, 0.3) is 0 Å². The maximum absolute atomic E-state index is 14.0. The standard InChI is InChI=1S/C36H45ClN4O10/c1-19-9-8-10-28(48-7)36(45)18-27(49-34(44)40-36)20(2)32-35(3,51-32)29(50-33(43)39-24-12-11-22(46-5)16-23(24)38)17-30(42)41(4)25-14-21(13-19)15-26(47-6)31(25)37/h8-12,14-16,20,27-29,32,45H,13,17-18,38H2,1-7H3,(H,39,43)(H,40,44)/b10-8+,19-9+/t20-,27+,28-,29+,32+,35+,36+/m1/s1. The number of fused-ring (bicyclic) bond motifs is 5. The van der Waals surface area contributed by atoms with Crippen LogP contribution >= 0.6 is 11.6 Å². The second-order valence-electron chi connectivity index (χ2n) is 13.3. The number of nitrogen functional groups attached to an aromatic ring is 1. The monoisotopic (exact) mass is 728 g/mol. The summed E-state index contributed by atoms with van der Waals surface area (Å²) in [5.74, 6) is -0.0786. The van der Waals surface area contributed by atoms with E-state index in [2.05, 4.69) is 10.6 Å². The summed E-state index contributed by atoms with van der Waals surface area (Å²) in [6.07, 6.45) is 0.0921. The van der Waals surface area contributed by atoms with Gasteiger partial charge >= 0.3 is 12.2 Å². The normalized spacial score (nSPS) is 31.2. The minimum atomic E-state index is -1.82. The summed E-state index contributed by atoms with van der Waals surface area (Å²) in [6, 6.07) is 8.32. The van der Waals surface area contributed by atoms with Crippen LogP contribution in [0.4, 0.5) is 26.7 Å². The van der Waals surface area contributed by atoms with Crippen molar-refractivity contribution in [2.45, 2.75) is 75.8 Å². The van der Waals surface area contributed by atoms with Crippen LogP contribution in [-0.4, -0.2) is 87.3 Å². The van der Waals surface area contributed by atoms with Crippen LogP contribution in [-0.2, 0) is 30.2 Å². The Morgan fingerprint density at radius 1 is 1.18 bits per heavy atom. The maximum atomic E-state index is 14.0. The van der Waals surface area contributed by atoms with Crippen molar-refractivity contribution in [2.75, 3.05) is 44.3 Å². The molecule has 14 nitrogen and oxygen atoms in total. The minimum absolute atomic E-state index is 0.0457. The molecule has 2 saturated heterocycles. The highest BCUT2D eigenvalue weighted by atomic mass is 35.5. The summed E-state index contributed by atoms with van der Waals surface area (Å²) in [4.78, 5) is 41.6. The number of alkyl carbamates (subject to hydrolysis) is 1. The average molecular weight is 729 g/mol. The fraction of sp³-hybridized carbons (Fsp3) is 0.472. The van der Waals surface area contributed by atoms with E-state index in [1.54, 1.807) is 63.4 Å². The van der Waals surface area contributed by atoms with Crippen LogP contribution in [0.25, 0.3) is 0 Å². The Labute approximate surface area is 301 Å². The number of nitrogens with two attached hydrogens (primary N) is 1. The SMILES string of the molecule is COc1ccc(NC(=O)O[C@H]2CC(=O)N(C)c3cc(cc(OC)c3Cl)C/C(C)=C/C=C/[C@@H](OC)[C@@]3(O)C[C@H](OC(=O)N3)[C@@H](C)[C@@H]3O[C@@]23C)c(N)c1. The van der Waals surface area contributed by atoms with Crippen LogP contribution in [0.15, 0.2) is 54.1 Å². The Kier molecular flexibility index (Phi) is 11.1. The van der Waals surface area contributed by atoms with Crippen LogP contribution in [0.5, 0.6) is 11.5 Å². The first-order chi connectivity index (χ1) is 24.1. The van der Waals surface area contributed by atoms with Crippen molar-refractivity contribution in [1.29, 1.82) is 0 Å². The molecule has 276 valence electrons. The lowest BCUT2D eigenvalue weighted by atomic mass is 9.83. The van der Waals surface area contributed by atoms with Crippen LogP contribution < -0.4 is 30.7 Å². The number of allylic oxidation sites excluding steroid dienone is 3. The lowest BCUT2D eigenvalue weighted by Crippen LogP contribution is -2.63. The molecule has 2 aromatic rings. The molecule has 0 spiro atoms. The summed E-state index contributed by atoms with van der Waals surface area (Å²) in [5, 5.41) is 17.1. The highest BCUT2D eigenvalue weighted by Gasteiger charge is 2.64. The smallest absolute Gasteiger partial charge is 0.412 e. The van der Waals surface area contributed by atoms with Crippen LogP contribution in [0, 0.1) is 5.92 Å². The first kappa shape index (κ1) is 37.7. The van der Waals surface area contributed by atoms with E-state index in [0.29, 0.717) is 23.6 Å². The molecule has 0 unspecified atom stereocenters. The topological polar surface area (TPSA) is 183 Å². The summed E-state index contributed by atoms with van der Waals surface area (Å²) < 4.78 is 34.2. The van der Waals surface area contributed by atoms with Gasteiger partial charge < -0.3 is 44.2 Å². The van der Waals surface area contributed by atoms with Crippen molar-refractivity contribution in [3.63, 3.8) is 0 Å². The van der Waals surface area contributed by atoms with E-state index in [9.17, 15) is 19.5 Å². The van der Waals surface area contributed by atoms with Gasteiger partial charge in [-0.3, -0.25) is 15.4 Å². The van der Waals surface area contributed by atoms with Gasteiger partial charge in [-0.2, -0.15) is 0 Å². The van der Waals surface area contributed by atoms with Gasteiger partial charge in [-0.05, 0) is 50.1 Å². The summed E-state index contributed by atoms with van der Waals surface area (Å²) in [5.41, 5.74) is 5.74. The number of hydrogen-bond donors (Lipinski definition) is 4. The largest absolute Gasteiger partial charge is 0.497 e. The number of halogens is 1. The molecule has 4 bridgehead atoms. The van der Waals surface area contributed by atoms with Gasteiger partial charge in [-0.25, -0.2) is 9.59 Å². The van der Waals surface area contributed by atoms with E-state index in [1.165, 1.54) is 26.2 Å². The number of nitrogens with zero attached hydrogens (tertiary/aromatic N) is 1. The highest BCUT2D eigenvalue weighted by Crippen LogP contribution is 2.49. The molecule has 3 amide bonds. The zero-order valence-electron chi connectivity index (χ0n) is 29.7. The maximum Gasteiger partial charge on any atom is 0.412 e. The van der Waals surface area contributed by atoms with Crippen molar-refractivity contribution in [3.8, 4) is 11.5 Å². The van der Waals surface area contributed by atoms with Gasteiger partial charge in [-0.15, -0.1) is 0 Å². The van der Waals surface area contributed by atoms with Gasteiger partial charge in [-0.1, -0.05) is 42.3 Å². The number of hydrogen-bond acceptors (Lipinski definition) is 11. The molecule has 3 aliphatic heterocycles. The number of carbonyl (C=O) groups excluding carboxylic acids is 3. The van der Waals surface area contributed by atoms with Crippen LogP contribution in [0.1, 0.15) is 39.2 Å². The van der Waals surface area contributed by atoms with Crippen molar-refractivity contribution < 1.29 is 47.9 Å². The second-order valence-corrected chi connectivity index (χ2v) is 13.6. The third-order valence-electron chi connectivity index (χ3n) is 9.70. The lowest BCUT2D eigenvalue weighted by molar-refractivity contribution is -0.142. The lowest BCUT2D eigenvalue weighted by Gasteiger charge is -2.42. The Bertz CT molecular complexity index is 1740. The van der Waals surface area contributed by atoms with Gasteiger partial charge in [0.2, 0.25) is 5.91 Å². The number of ether oxygens (including phenoxy) is 6. The molecule has 3 aliphatic rings. The van der Waals surface area contributed by atoms with Crippen LogP contribution in [0.2, 0.25) is 5.02 Å². The van der Waals surface area contributed by atoms with Crippen molar-refractivity contribution in [3.05, 3.63) is 64.7 Å². The number of nitrogens with one attached hydrogen (secondary N) is 2. The molecule has 2 aromatic carbocycles. The predicted molar refractivity (Wildman–Crippen MR) is 190 cm³/mol. The molecule has 2 fully saturated rings. The van der Waals surface area contributed by atoms with Gasteiger partial charge in [0.15, 0.2) is 5.72 Å². The number of rotatable bonds is 5. The number of methoxy groups -OCH3 is 3. The molecule has 0 aromatic heterocycles. The van der Waals surface area contributed by atoms with E-state index >= 15 is 0 Å². The quantitative estimate of drug-likeness (QED) is 0.241. The summed E-state index contributed by atoms with van der Waals surface area (Å²) in [6.45, 7) is 5.43. The molecular formula is C36H45ClN4O10. The highest BCUT2D eigenvalue weighted by molar-refractivity contribution is 6.35. The van der Waals surface area contributed by atoms with Gasteiger partial charge in [0.05, 0.1) is 43.8 Å². The molecule has 0 saturated carbocycles. The molecule has 3 heterocycles. The number of carbonyl (C=O) groups is 3. The average Bonchev–Trinajstić information content (AvgIpc) is 3.78. The van der Waals surface area contributed by atoms with E-state index in [1.807, 2.05) is 13.0 Å².